The molecule has 2 rings (SSSR count). The number of aliphatic carboxylic acids is 1. The molecule has 2 atom stereocenters. The van der Waals surface area contributed by atoms with Crippen LogP contribution in [0.5, 0.6) is 0 Å². The number of carbonyl (C=O) groups excluding carboxylic acids is 1. The predicted molar refractivity (Wildman–Crippen MR) is 80.8 cm³/mol. The van der Waals surface area contributed by atoms with E-state index in [1.807, 2.05) is 26.0 Å². The first kappa shape index (κ1) is 15.5. The summed E-state index contributed by atoms with van der Waals surface area (Å²) < 4.78 is 0. The van der Waals surface area contributed by atoms with Crippen molar-refractivity contribution in [3.05, 3.63) is 34.9 Å². The van der Waals surface area contributed by atoms with Crippen LogP contribution in [0.2, 0.25) is 0 Å². The zero-order valence-electron chi connectivity index (χ0n) is 12.7. The van der Waals surface area contributed by atoms with Crippen LogP contribution in [-0.4, -0.2) is 17.0 Å². The van der Waals surface area contributed by atoms with Gasteiger partial charge in [0, 0.05) is 6.54 Å². The predicted octanol–water partition coefficient (Wildman–Crippen LogP) is 2.81. The minimum absolute atomic E-state index is 0.122. The van der Waals surface area contributed by atoms with E-state index < -0.39 is 11.9 Å². The van der Waals surface area contributed by atoms with E-state index >= 15 is 0 Å². The maximum Gasteiger partial charge on any atom is 0.307 e. The molecule has 1 fully saturated rings. The summed E-state index contributed by atoms with van der Waals surface area (Å²) in [7, 11) is 0. The number of carboxylic acid groups (broad SMARTS) is 1. The first-order chi connectivity index (χ1) is 9.99. The van der Waals surface area contributed by atoms with Crippen LogP contribution in [0.3, 0.4) is 0 Å². The molecule has 0 bridgehead atoms. The molecule has 1 aliphatic rings. The Labute approximate surface area is 125 Å². The standard InChI is InChI=1S/C17H23NO3/c1-11-7-8-12(2)13(9-11)10-18-16(19)14-5-3-4-6-15(14)17(20)21/h7-9,14-15H,3-6,10H2,1-2H3,(H,18,19)(H,20,21)/t14-,15+/m0/s1. The molecule has 0 aliphatic heterocycles. The van der Waals surface area contributed by atoms with E-state index in [0.717, 1.165) is 29.5 Å². The molecular weight excluding hydrogens is 266 g/mol. The van der Waals surface area contributed by atoms with Crippen LogP contribution in [0.15, 0.2) is 18.2 Å². The lowest BCUT2D eigenvalue weighted by Gasteiger charge is -2.27. The number of carboxylic acids is 1. The summed E-state index contributed by atoms with van der Waals surface area (Å²) in [6, 6.07) is 6.14. The molecule has 1 aromatic carbocycles. The third-order valence-electron chi connectivity index (χ3n) is 4.38. The van der Waals surface area contributed by atoms with Gasteiger partial charge >= 0.3 is 5.97 Å². The Morgan fingerprint density at radius 3 is 2.52 bits per heavy atom. The van der Waals surface area contributed by atoms with Gasteiger partial charge in [-0.3, -0.25) is 9.59 Å². The average Bonchev–Trinajstić information content (AvgIpc) is 2.47. The zero-order chi connectivity index (χ0) is 15.4. The molecule has 1 amide bonds. The summed E-state index contributed by atoms with van der Waals surface area (Å²) >= 11 is 0. The Morgan fingerprint density at radius 2 is 1.86 bits per heavy atom. The number of rotatable bonds is 4. The van der Waals surface area contributed by atoms with Crippen molar-refractivity contribution < 1.29 is 14.7 Å². The van der Waals surface area contributed by atoms with Crippen molar-refractivity contribution in [3.8, 4) is 0 Å². The largest absolute Gasteiger partial charge is 0.481 e. The van der Waals surface area contributed by atoms with E-state index in [9.17, 15) is 14.7 Å². The third kappa shape index (κ3) is 3.84. The highest BCUT2D eigenvalue weighted by Gasteiger charge is 2.35. The second-order valence-corrected chi connectivity index (χ2v) is 5.98. The maximum atomic E-state index is 12.3. The number of aryl methyl sites for hydroxylation is 2. The van der Waals surface area contributed by atoms with Crippen molar-refractivity contribution in [1.29, 1.82) is 0 Å². The molecule has 2 N–H and O–H groups in total. The van der Waals surface area contributed by atoms with Crippen molar-refractivity contribution in [1.82, 2.24) is 5.32 Å². The Kier molecular flexibility index (Phi) is 4.99. The van der Waals surface area contributed by atoms with Gasteiger partial charge in [0.05, 0.1) is 11.8 Å². The number of hydrogen-bond donors (Lipinski definition) is 2. The highest BCUT2D eigenvalue weighted by atomic mass is 16.4. The van der Waals surface area contributed by atoms with Gasteiger partial charge < -0.3 is 10.4 Å². The summed E-state index contributed by atoms with van der Waals surface area (Å²) in [5.41, 5.74) is 3.39. The van der Waals surface area contributed by atoms with E-state index in [0.29, 0.717) is 19.4 Å². The van der Waals surface area contributed by atoms with Crippen LogP contribution in [-0.2, 0) is 16.1 Å². The normalized spacial score (nSPS) is 21.8. The summed E-state index contributed by atoms with van der Waals surface area (Å²) in [6.45, 7) is 4.50. The second-order valence-electron chi connectivity index (χ2n) is 5.98. The lowest BCUT2D eigenvalue weighted by atomic mass is 9.78. The molecule has 21 heavy (non-hydrogen) atoms. The smallest absolute Gasteiger partial charge is 0.307 e. The van der Waals surface area contributed by atoms with Gasteiger partial charge in [-0.25, -0.2) is 0 Å². The van der Waals surface area contributed by atoms with Gasteiger partial charge in [0.1, 0.15) is 0 Å². The summed E-state index contributed by atoms with van der Waals surface area (Å²) in [5.74, 6) is -1.89. The maximum absolute atomic E-state index is 12.3. The third-order valence-corrected chi connectivity index (χ3v) is 4.38. The first-order valence-corrected chi connectivity index (χ1v) is 7.55. The molecule has 0 radical (unpaired) electrons. The second kappa shape index (κ2) is 6.74. The Balaban J connectivity index is 2.00. The summed E-state index contributed by atoms with van der Waals surface area (Å²) in [5, 5.41) is 12.2. The molecule has 0 aromatic heterocycles. The number of amides is 1. The fourth-order valence-corrected chi connectivity index (χ4v) is 3.04. The van der Waals surface area contributed by atoms with Gasteiger partial charge in [-0.05, 0) is 37.8 Å². The van der Waals surface area contributed by atoms with Gasteiger partial charge in [0.2, 0.25) is 5.91 Å². The molecule has 114 valence electrons. The van der Waals surface area contributed by atoms with Crippen LogP contribution in [0.4, 0.5) is 0 Å². The highest BCUT2D eigenvalue weighted by Crippen LogP contribution is 2.30. The molecule has 1 aromatic rings. The fourth-order valence-electron chi connectivity index (χ4n) is 3.04. The summed E-state index contributed by atoms with van der Waals surface area (Å²) in [6.07, 6.45) is 3.12. The topological polar surface area (TPSA) is 66.4 Å². The molecule has 1 aliphatic carbocycles. The monoisotopic (exact) mass is 289 g/mol. The number of benzene rings is 1. The SMILES string of the molecule is Cc1ccc(C)c(CNC(=O)[C@H]2CCCC[C@H]2C(=O)O)c1. The molecule has 0 unspecified atom stereocenters. The van der Waals surface area contributed by atoms with E-state index in [1.54, 1.807) is 0 Å². The molecule has 4 nitrogen and oxygen atoms in total. The van der Waals surface area contributed by atoms with Crippen LogP contribution in [0.25, 0.3) is 0 Å². The average molecular weight is 289 g/mol. The van der Waals surface area contributed by atoms with E-state index in [-0.39, 0.29) is 11.8 Å². The number of carbonyl (C=O) groups is 2. The van der Waals surface area contributed by atoms with Crippen LogP contribution in [0.1, 0.15) is 42.4 Å². The van der Waals surface area contributed by atoms with Crippen molar-refractivity contribution in [2.24, 2.45) is 11.8 Å². The molecule has 0 spiro atoms. The van der Waals surface area contributed by atoms with E-state index in [4.69, 9.17) is 0 Å². The molecule has 1 saturated carbocycles. The minimum Gasteiger partial charge on any atom is -0.481 e. The Morgan fingerprint density at radius 1 is 1.19 bits per heavy atom. The number of hydrogen-bond acceptors (Lipinski definition) is 2. The van der Waals surface area contributed by atoms with Gasteiger partial charge in [0.15, 0.2) is 0 Å². The quantitative estimate of drug-likeness (QED) is 0.895. The van der Waals surface area contributed by atoms with Gasteiger partial charge in [-0.15, -0.1) is 0 Å². The molecular formula is C17H23NO3. The van der Waals surface area contributed by atoms with Crippen LogP contribution in [0, 0.1) is 25.7 Å². The van der Waals surface area contributed by atoms with Crippen molar-refractivity contribution in [2.75, 3.05) is 0 Å². The Hall–Kier alpha value is -1.84. The zero-order valence-corrected chi connectivity index (χ0v) is 12.7. The summed E-state index contributed by atoms with van der Waals surface area (Å²) in [4.78, 5) is 23.6. The van der Waals surface area contributed by atoms with Crippen molar-refractivity contribution >= 4 is 11.9 Å². The minimum atomic E-state index is -0.846. The van der Waals surface area contributed by atoms with Gasteiger partial charge in [-0.2, -0.15) is 0 Å². The fraction of sp³-hybridized carbons (Fsp3) is 0.529. The van der Waals surface area contributed by atoms with E-state index in [1.165, 1.54) is 0 Å². The van der Waals surface area contributed by atoms with Gasteiger partial charge in [0.25, 0.3) is 0 Å². The first-order valence-electron chi connectivity index (χ1n) is 7.55. The van der Waals surface area contributed by atoms with Crippen LogP contribution < -0.4 is 5.32 Å². The van der Waals surface area contributed by atoms with Gasteiger partial charge in [-0.1, -0.05) is 36.6 Å². The van der Waals surface area contributed by atoms with Crippen molar-refractivity contribution in [3.63, 3.8) is 0 Å². The lowest BCUT2D eigenvalue weighted by Crippen LogP contribution is -2.39. The Bertz CT molecular complexity index is 539. The van der Waals surface area contributed by atoms with Crippen molar-refractivity contribution in [2.45, 2.75) is 46.1 Å². The number of nitrogens with one attached hydrogen (secondary N) is 1. The molecule has 0 heterocycles. The molecule has 0 saturated heterocycles. The van der Waals surface area contributed by atoms with Crippen LogP contribution >= 0.6 is 0 Å². The lowest BCUT2D eigenvalue weighted by molar-refractivity contribution is -0.148. The molecule has 4 heteroatoms. The van der Waals surface area contributed by atoms with E-state index in [2.05, 4.69) is 11.4 Å². The highest BCUT2D eigenvalue weighted by molar-refractivity contribution is 5.84.